The van der Waals surface area contributed by atoms with E-state index in [9.17, 15) is 0 Å². The molecule has 28 heavy (non-hydrogen) atoms. The van der Waals surface area contributed by atoms with Gasteiger partial charge in [-0.2, -0.15) is 0 Å². The van der Waals surface area contributed by atoms with E-state index in [1.54, 1.807) is 4.88 Å². The molecule has 2 aliphatic heterocycles. The third kappa shape index (κ3) is 5.44. The van der Waals surface area contributed by atoms with Gasteiger partial charge in [-0.1, -0.05) is 24.3 Å². The van der Waals surface area contributed by atoms with Crippen LogP contribution in [0.15, 0.2) is 35.7 Å². The Bertz CT molecular complexity index is 723. The zero-order valence-electron chi connectivity index (χ0n) is 17.6. The molecular formula is C24H35N3S. The van der Waals surface area contributed by atoms with Gasteiger partial charge in [-0.3, -0.25) is 9.80 Å². The number of hydrogen-bond donors (Lipinski definition) is 0. The third-order valence-electron chi connectivity index (χ3n) is 6.59. The average molecular weight is 398 g/mol. The number of piperazine rings is 1. The molecule has 0 aliphatic carbocycles. The number of nitrogens with zero attached hydrogens (tertiary/aromatic N) is 3. The van der Waals surface area contributed by atoms with E-state index in [1.807, 2.05) is 11.3 Å². The van der Waals surface area contributed by atoms with E-state index in [4.69, 9.17) is 0 Å². The molecule has 2 fully saturated rings. The Morgan fingerprint density at radius 1 is 0.821 bits per heavy atom. The fourth-order valence-corrected chi connectivity index (χ4v) is 5.44. The first kappa shape index (κ1) is 20.1. The summed E-state index contributed by atoms with van der Waals surface area (Å²) in [6, 6.07) is 11.7. The Morgan fingerprint density at radius 2 is 1.46 bits per heavy atom. The second kappa shape index (κ2) is 9.53. The van der Waals surface area contributed by atoms with E-state index in [0.717, 1.165) is 19.0 Å². The molecule has 3 heterocycles. The summed E-state index contributed by atoms with van der Waals surface area (Å²) in [5.74, 6) is 0.851. The lowest BCUT2D eigenvalue weighted by atomic mass is 9.90. The number of thiophene rings is 1. The van der Waals surface area contributed by atoms with Gasteiger partial charge in [0.05, 0.1) is 0 Å². The van der Waals surface area contributed by atoms with Crippen molar-refractivity contribution in [2.75, 3.05) is 46.3 Å². The first-order valence-corrected chi connectivity index (χ1v) is 11.8. The molecule has 3 nitrogen and oxygen atoms in total. The van der Waals surface area contributed by atoms with Crippen molar-refractivity contribution in [2.45, 2.75) is 39.3 Å². The number of likely N-dealkylation sites (N-methyl/N-ethyl adjacent to an activating group) is 1. The number of benzene rings is 1. The molecule has 1 aromatic heterocycles. The third-order valence-corrected chi connectivity index (χ3v) is 7.60. The summed E-state index contributed by atoms with van der Waals surface area (Å²) in [6.45, 7) is 11.8. The van der Waals surface area contributed by atoms with Crippen LogP contribution >= 0.6 is 11.3 Å². The normalized spacial score (nSPS) is 20.6. The molecule has 0 radical (unpaired) electrons. The van der Waals surface area contributed by atoms with Crippen LogP contribution in [0.25, 0.3) is 0 Å². The SMILES string of the molecule is Cc1ccsc1CN1CCC(Cc2ccc(CN3CCN(C)CC3)cc2)CC1. The highest BCUT2D eigenvalue weighted by molar-refractivity contribution is 7.10. The maximum atomic E-state index is 2.65. The molecule has 152 valence electrons. The molecule has 2 saturated heterocycles. The Kier molecular flexibility index (Phi) is 6.84. The fraction of sp³-hybridized carbons (Fsp3) is 0.583. The van der Waals surface area contributed by atoms with Crippen LogP contribution in [0.3, 0.4) is 0 Å². The monoisotopic (exact) mass is 397 g/mol. The van der Waals surface area contributed by atoms with Crippen molar-refractivity contribution in [3.05, 3.63) is 57.3 Å². The van der Waals surface area contributed by atoms with E-state index in [-0.39, 0.29) is 0 Å². The van der Waals surface area contributed by atoms with Crippen LogP contribution in [-0.4, -0.2) is 61.0 Å². The summed E-state index contributed by atoms with van der Waals surface area (Å²) in [5.41, 5.74) is 4.45. The number of rotatable bonds is 6. The van der Waals surface area contributed by atoms with Crippen LogP contribution in [0.5, 0.6) is 0 Å². The molecular weight excluding hydrogens is 362 g/mol. The standard InChI is InChI=1S/C24H35N3S/c1-20-9-16-28-24(20)19-26-10-7-22(8-11-26)17-21-3-5-23(6-4-21)18-27-14-12-25(2)13-15-27/h3-6,9,16,22H,7-8,10-15,17-19H2,1-2H3. The number of hydrogen-bond acceptors (Lipinski definition) is 4. The first-order valence-electron chi connectivity index (χ1n) is 10.9. The molecule has 4 heteroatoms. The predicted molar refractivity (Wildman–Crippen MR) is 120 cm³/mol. The zero-order chi connectivity index (χ0) is 19.3. The average Bonchev–Trinajstić information content (AvgIpc) is 3.11. The van der Waals surface area contributed by atoms with Crippen LogP contribution in [0, 0.1) is 12.8 Å². The van der Waals surface area contributed by atoms with Gasteiger partial charge in [0.25, 0.3) is 0 Å². The molecule has 0 amide bonds. The van der Waals surface area contributed by atoms with E-state index in [1.165, 1.54) is 75.2 Å². The minimum Gasteiger partial charge on any atom is -0.304 e. The first-order chi connectivity index (χ1) is 13.7. The molecule has 0 N–H and O–H groups in total. The van der Waals surface area contributed by atoms with Gasteiger partial charge in [0.15, 0.2) is 0 Å². The van der Waals surface area contributed by atoms with Gasteiger partial charge in [0.2, 0.25) is 0 Å². The quantitative estimate of drug-likeness (QED) is 0.721. The van der Waals surface area contributed by atoms with Gasteiger partial charge in [-0.05, 0) is 80.4 Å². The van der Waals surface area contributed by atoms with Crippen LogP contribution in [0.4, 0.5) is 0 Å². The van der Waals surface area contributed by atoms with Crippen LogP contribution < -0.4 is 0 Å². The molecule has 2 aromatic rings. The molecule has 0 unspecified atom stereocenters. The second-order valence-corrected chi connectivity index (χ2v) is 9.85. The minimum atomic E-state index is 0.851. The fourth-order valence-electron chi connectivity index (χ4n) is 4.50. The van der Waals surface area contributed by atoms with E-state index < -0.39 is 0 Å². The predicted octanol–water partition coefficient (Wildman–Crippen LogP) is 4.26. The van der Waals surface area contributed by atoms with Crippen molar-refractivity contribution < 1.29 is 0 Å². The lowest BCUT2D eigenvalue weighted by Crippen LogP contribution is -2.43. The van der Waals surface area contributed by atoms with Gasteiger partial charge >= 0.3 is 0 Å². The van der Waals surface area contributed by atoms with Crippen LogP contribution in [-0.2, 0) is 19.5 Å². The van der Waals surface area contributed by atoms with Crippen LogP contribution in [0.2, 0.25) is 0 Å². The number of aryl methyl sites for hydroxylation is 1. The van der Waals surface area contributed by atoms with Crippen molar-refractivity contribution in [1.82, 2.24) is 14.7 Å². The minimum absolute atomic E-state index is 0.851. The summed E-state index contributed by atoms with van der Waals surface area (Å²) in [7, 11) is 2.22. The highest BCUT2D eigenvalue weighted by Crippen LogP contribution is 2.25. The molecule has 1 aromatic carbocycles. The Labute approximate surface area is 175 Å². The molecule has 0 spiro atoms. The zero-order valence-corrected chi connectivity index (χ0v) is 18.4. The largest absolute Gasteiger partial charge is 0.304 e. The van der Waals surface area contributed by atoms with E-state index in [2.05, 4.69) is 64.4 Å². The molecule has 0 atom stereocenters. The van der Waals surface area contributed by atoms with Gasteiger partial charge < -0.3 is 4.90 Å². The molecule has 4 rings (SSSR count). The molecule has 0 saturated carbocycles. The maximum absolute atomic E-state index is 2.65. The second-order valence-electron chi connectivity index (χ2n) is 8.85. The Hall–Kier alpha value is -1.20. The van der Waals surface area contributed by atoms with Crippen LogP contribution in [0.1, 0.15) is 34.4 Å². The Morgan fingerprint density at radius 3 is 2.11 bits per heavy atom. The van der Waals surface area contributed by atoms with Gasteiger partial charge in [0.1, 0.15) is 0 Å². The summed E-state index contributed by atoms with van der Waals surface area (Å²) in [5, 5.41) is 2.23. The number of piperidine rings is 1. The molecule has 0 bridgehead atoms. The lowest BCUT2D eigenvalue weighted by Gasteiger charge is -2.32. The summed E-state index contributed by atoms with van der Waals surface area (Å²) in [4.78, 5) is 9.20. The highest BCUT2D eigenvalue weighted by Gasteiger charge is 2.20. The smallest absolute Gasteiger partial charge is 0.0330 e. The number of likely N-dealkylation sites (tertiary alicyclic amines) is 1. The van der Waals surface area contributed by atoms with Gasteiger partial charge in [0, 0.05) is 44.1 Å². The summed E-state index contributed by atoms with van der Waals surface area (Å²) < 4.78 is 0. The highest BCUT2D eigenvalue weighted by atomic mass is 32.1. The van der Waals surface area contributed by atoms with Crippen molar-refractivity contribution in [3.63, 3.8) is 0 Å². The van der Waals surface area contributed by atoms with Crippen molar-refractivity contribution in [3.8, 4) is 0 Å². The summed E-state index contributed by atoms with van der Waals surface area (Å²) in [6.07, 6.45) is 3.93. The topological polar surface area (TPSA) is 9.72 Å². The summed E-state index contributed by atoms with van der Waals surface area (Å²) >= 11 is 1.91. The van der Waals surface area contributed by atoms with E-state index in [0.29, 0.717) is 0 Å². The van der Waals surface area contributed by atoms with Gasteiger partial charge in [-0.15, -0.1) is 11.3 Å². The van der Waals surface area contributed by atoms with Gasteiger partial charge in [-0.25, -0.2) is 0 Å². The van der Waals surface area contributed by atoms with Crippen molar-refractivity contribution in [1.29, 1.82) is 0 Å². The van der Waals surface area contributed by atoms with Crippen molar-refractivity contribution in [2.24, 2.45) is 5.92 Å². The molecule has 2 aliphatic rings. The maximum Gasteiger partial charge on any atom is 0.0330 e. The lowest BCUT2D eigenvalue weighted by molar-refractivity contribution is 0.148. The Balaban J connectivity index is 1.21. The van der Waals surface area contributed by atoms with E-state index >= 15 is 0 Å². The van der Waals surface area contributed by atoms with Crippen molar-refractivity contribution >= 4 is 11.3 Å².